The van der Waals surface area contributed by atoms with Gasteiger partial charge in [0.15, 0.2) is 18.1 Å². The van der Waals surface area contributed by atoms with E-state index in [2.05, 4.69) is 5.32 Å². The van der Waals surface area contributed by atoms with Gasteiger partial charge in [-0.3, -0.25) is 4.79 Å². The van der Waals surface area contributed by atoms with Gasteiger partial charge in [-0.1, -0.05) is 29.8 Å². The molecule has 172 valence electrons. The van der Waals surface area contributed by atoms with Crippen molar-refractivity contribution < 1.29 is 27.4 Å². The molecule has 0 spiro atoms. The molecule has 32 heavy (non-hydrogen) atoms. The maximum atomic E-state index is 12.9. The van der Waals surface area contributed by atoms with Crippen molar-refractivity contribution in [3.63, 3.8) is 0 Å². The number of anilines is 1. The molecule has 3 rings (SSSR count). The van der Waals surface area contributed by atoms with Gasteiger partial charge in [0.25, 0.3) is 5.91 Å². The number of benzene rings is 2. The quantitative estimate of drug-likeness (QED) is 0.622. The molecule has 1 heterocycles. The van der Waals surface area contributed by atoms with Gasteiger partial charge in [-0.2, -0.15) is 4.31 Å². The highest BCUT2D eigenvalue weighted by atomic mass is 35.5. The Morgan fingerprint density at radius 1 is 1.19 bits per heavy atom. The molecule has 1 amide bonds. The Hall–Kier alpha value is -2.59. The van der Waals surface area contributed by atoms with Gasteiger partial charge in [-0.15, -0.1) is 0 Å². The third kappa shape index (κ3) is 5.80. The van der Waals surface area contributed by atoms with Gasteiger partial charge in [0, 0.05) is 18.8 Å². The van der Waals surface area contributed by atoms with Crippen LogP contribution in [0.4, 0.5) is 5.69 Å². The summed E-state index contributed by atoms with van der Waals surface area (Å²) in [5.74, 6) is 0.461. The number of ether oxygens (including phenoxy) is 3. The maximum Gasteiger partial charge on any atom is 0.262 e. The second-order valence-corrected chi connectivity index (χ2v) is 9.22. The lowest BCUT2D eigenvalue weighted by atomic mass is 10.2. The van der Waals surface area contributed by atoms with Crippen LogP contribution in [0.25, 0.3) is 6.08 Å². The Kier molecular flexibility index (Phi) is 8.14. The summed E-state index contributed by atoms with van der Waals surface area (Å²) in [6.07, 6.45) is 3.82. The van der Waals surface area contributed by atoms with Crippen molar-refractivity contribution in [2.24, 2.45) is 0 Å². The van der Waals surface area contributed by atoms with Crippen LogP contribution in [0.1, 0.15) is 12.5 Å². The first-order chi connectivity index (χ1) is 15.3. The van der Waals surface area contributed by atoms with E-state index in [4.69, 9.17) is 25.8 Å². The molecule has 10 heteroatoms. The number of carbonyl (C=O) groups excluding carboxylic acids is 1. The molecule has 1 fully saturated rings. The number of methoxy groups -OCH3 is 1. The number of allylic oxidation sites excluding steroid dienone is 1. The molecule has 2 aromatic carbocycles. The number of halogens is 1. The summed E-state index contributed by atoms with van der Waals surface area (Å²) in [6, 6.07) is 9.68. The van der Waals surface area contributed by atoms with Crippen LogP contribution in [-0.2, 0) is 19.6 Å². The third-order valence-corrected chi connectivity index (χ3v) is 7.09. The standard InChI is InChI=1S/C22H25ClN2O6S/c1-3-4-16-5-8-19(20(13-16)29-2)31-15-22(26)24-17-6-7-18(23)21(14-17)32(27,28)25-9-11-30-12-10-25/h3-8,13-14H,9-12,15H2,1-2H3,(H,24,26)/b4-3+. The van der Waals surface area contributed by atoms with E-state index in [1.807, 2.05) is 25.1 Å². The molecular formula is C22H25ClN2O6S. The number of amides is 1. The van der Waals surface area contributed by atoms with Gasteiger partial charge in [0.05, 0.1) is 25.3 Å². The van der Waals surface area contributed by atoms with E-state index in [-0.39, 0.29) is 29.6 Å². The van der Waals surface area contributed by atoms with Crippen LogP contribution in [0.2, 0.25) is 5.02 Å². The van der Waals surface area contributed by atoms with Crippen LogP contribution in [0.15, 0.2) is 47.4 Å². The molecule has 1 saturated heterocycles. The van der Waals surface area contributed by atoms with Crippen molar-refractivity contribution in [3.8, 4) is 11.5 Å². The van der Waals surface area contributed by atoms with Crippen LogP contribution in [0.5, 0.6) is 11.5 Å². The Balaban J connectivity index is 1.69. The molecule has 0 unspecified atom stereocenters. The fourth-order valence-electron chi connectivity index (χ4n) is 3.14. The Morgan fingerprint density at radius 3 is 2.62 bits per heavy atom. The summed E-state index contributed by atoms with van der Waals surface area (Å²) >= 11 is 6.15. The highest BCUT2D eigenvalue weighted by molar-refractivity contribution is 7.89. The van der Waals surface area contributed by atoms with Crippen molar-refractivity contribution in [2.75, 3.05) is 45.3 Å². The van der Waals surface area contributed by atoms with Gasteiger partial charge < -0.3 is 19.5 Å². The zero-order chi connectivity index (χ0) is 23.1. The van der Waals surface area contributed by atoms with E-state index in [0.717, 1.165) is 5.56 Å². The Labute approximate surface area is 192 Å². The van der Waals surface area contributed by atoms with Crippen molar-refractivity contribution in [1.82, 2.24) is 4.31 Å². The summed E-state index contributed by atoms with van der Waals surface area (Å²) in [7, 11) is -2.29. The molecule has 1 aliphatic rings. The predicted molar refractivity (Wildman–Crippen MR) is 123 cm³/mol. The number of morpholine rings is 1. The summed E-state index contributed by atoms with van der Waals surface area (Å²) < 4.78 is 43.3. The second-order valence-electron chi connectivity index (χ2n) is 6.91. The fraction of sp³-hybridized carbons (Fsp3) is 0.318. The molecule has 0 saturated carbocycles. The monoisotopic (exact) mass is 480 g/mol. The second kappa shape index (κ2) is 10.8. The lowest BCUT2D eigenvalue weighted by Crippen LogP contribution is -2.40. The predicted octanol–water partition coefficient (Wildman–Crippen LogP) is 3.42. The summed E-state index contributed by atoms with van der Waals surface area (Å²) in [5.41, 5.74) is 1.24. The first-order valence-electron chi connectivity index (χ1n) is 9.96. The van der Waals surface area contributed by atoms with Gasteiger partial charge in [0.2, 0.25) is 10.0 Å². The molecule has 0 bridgehead atoms. The Bertz CT molecular complexity index is 1100. The first-order valence-corrected chi connectivity index (χ1v) is 11.8. The molecule has 0 aromatic heterocycles. The van der Waals surface area contributed by atoms with Crippen LogP contribution < -0.4 is 14.8 Å². The van der Waals surface area contributed by atoms with E-state index in [1.165, 1.54) is 29.6 Å². The highest BCUT2D eigenvalue weighted by Crippen LogP contribution is 2.30. The van der Waals surface area contributed by atoms with Crippen LogP contribution in [-0.4, -0.2) is 58.7 Å². The number of sulfonamides is 1. The highest BCUT2D eigenvalue weighted by Gasteiger charge is 2.28. The minimum atomic E-state index is -3.81. The largest absolute Gasteiger partial charge is 0.493 e. The van der Waals surface area contributed by atoms with E-state index in [9.17, 15) is 13.2 Å². The number of carbonyl (C=O) groups is 1. The SMILES string of the molecule is C/C=C/c1ccc(OCC(=O)Nc2ccc(Cl)c(S(=O)(=O)N3CCOCC3)c2)c(OC)c1. The average molecular weight is 481 g/mol. The minimum Gasteiger partial charge on any atom is -0.493 e. The Morgan fingerprint density at radius 2 is 1.94 bits per heavy atom. The van der Waals surface area contributed by atoms with Crippen molar-refractivity contribution in [1.29, 1.82) is 0 Å². The number of hydrogen-bond donors (Lipinski definition) is 1. The van der Waals surface area contributed by atoms with Crippen LogP contribution >= 0.6 is 11.6 Å². The zero-order valence-corrected chi connectivity index (χ0v) is 19.4. The number of nitrogens with zero attached hydrogens (tertiary/aromatic N) is 1. The lowest BCUT2D eigenvalue weighted by molar-refractivity contribution is -0.118. The molecule has 1 N–H and O–H groups in total. The molecular weight excluding hydrogens is 456 g/mol. The molecule has 0 radical (unpaired) electrons. The molecule has 1 aliphatic heterocycles. The summed E-state index contributed by atoms with van der Waals surface area (Å²) in [4.78, 5) is 12.3. The van der Waals surface area contributed by atoms with E-state index in [1.54, 1.807) is 12.1 Å². The number of hydrogen-bond acceptors (Lipinski definition) is 6. The van der Waals surface area contributed by atoms with Gasteiger partial charge in [-0.05, 0) is 42.8 Å². The van der Waals surface area contributed by atoms with Crippen LogP contribution in [0.3, 0.4) is 0 Å². The fourth-order valence-corrected chi connectivity index (χ4v) is 5.05. The maximum absolute atomic E-state index is 12.9. The third-order valence-electron chi connectivity index (χ3n) is 4.71. The minimum absolute atomic E-state index is 0.0685. The first kappa shape index (κ1) is 24.1. The molecule has 2 aromatic rings. The topological polar surface area (TPSA) is 94.2 Å². The van der Waals surface area contributed by atoms with Crippen LogP contribution in [0, 0.1) is 0 Å². The normalized spacial score (nSPS) is 15.0. The van der Waals surface area contributed by atoms with E-state index < -0.39 is 15.9 Å². The van der Waals surface area contributed by atoms with E-state index in [0.29, 0.717) is 30.4 Å². The number of nitrogens with one attached hydrogen (secondary N) is 1. The summed E-state index contributed by atoms with van der Waals surface area (Å²) in [5, 5.41) is 2.72. The summed E-state index contributed by atoms with van der Waals surface area (Å²) in [6.45, 7) is 2.77. The average Bonchev–Trinajstić information content (AvgIpc) is 2.80. The molecule has 8 nitrogen and oxygen atoms in total. The molecule has 0 atom stereocenters. The lowest BCUT2D eigenvalue weighted by Gasteiger charge is -2.26. The number of rotatable bonds is 8. The van der Waals surface area contributed by atoms with E-state index >= 15 is 0 Å². The van der Waals surface area contributed by atoms with Crippen molar-refractivity contribution >= 4 is 39.3 Å². The van der Waals surface area contributed by atoms with Crippen molar-refractivity contribution in [2.45, 2.75) is 11.8 Å². The zero-order valence-electron chi connectivity index (χ0n) is 17.8. The van der Waals surface area contributed by atoms with Gasteiger partial charge >= 0.3 is 0 Å². The van der Waals surface area contributed by atoms with Gasteiger partial charge in [0.1, 0.15) is 4.90 Å². The van der Waals surface area contributed by atoms with Crippen molar-refractivity contribution in [3.05, 3.63) is 53.1 Å². The smallest absolute Gasteiger partial charge is 0.262 e. The van der Waals surface area contributed by atoms with Gasteiger partial charge in [-0.25, -0.2) is 8.42 Å². The molecule has 0 aliphatic carbocycles.